The fourth-order valence-electron chi connectivity index (χ4n) is 1.69. The van der Waals surface area contributed by atoms with Crippen molar-refractivity contribution < 1.29 is 59.9 Å². The molecule has 0 radical (unpaired) electrons. The number of hydrogen-bond donors (Lipinski definition) is 0. The van der Waals surface area contributed by atoms with E-state index >= 15 is 0 Å². The Bertz CT molecular complexity index is 448. The number of hydrogen-bond acceptors (Lipinski definition) is 7. The Kier molecular flexibility index (Phi) is 16.1. The average Bonchev–Trinajstić information content (AvgIpc) is 2.36. The van der Waals surface area contributed by atoms with Gasteiger partial charge in [-0.25, -0.2) is 16.8 Å². The van der Waals surface area contributed by atoms with Gasteiger partial charge in [0.2, 0.25) is 10.4 Å². The molecule has 0 atom stereocenters. The van der Waals surface area contributed by atoms with Gasteiger partial charge in [-0.05, 0) is 6.42 Å². The van der Waals surface area contributed by atoms with Crippen LogP contribution in [0.4, 0.5) is 0 Å². The topological polar surface area (TPSA) is 110 Å². The predicted molar refractivity (Wildman–Crippen MR) is 78.5 cm³/mol. The van der Waals surface area contributed by atoms with E-state index in [2.05, 4.69) is 11.1 Å². The van der Waals surface area contributed by atoms with Crippen LogP contribution in [0.3, 0.4) is 0 Å². The smallest absolute Gasteiger partial charge is 0.726 e. The molecule has 0 aliphatic heterocycles. The Hall–Kier alpha value is 0.780. The monoisotopic (exact) mass is 368 g/mol. The first-order chi connectivity index (χ1) is 9.77. The summed E-state index contributed by atoms with van der Waals surface area (Å²) < 4.78 is 62.5. The summed E-state index contributed by atoms with van der Waals surface area (Å²) in [4.78, 5) is 0. The van der Waals surface area contributed by atoms with Crippen LogP contribution in [0.1, 0.15) is 45.4 Å². The minimum atomic E-state index is -4.71. The van der Waals surface area contributed by atoms with Crippen molar-refractivity contribution in [1.82, 2.24) is 0 Å². The largest absolute Gasteiger partial charge is 1.00 e. The van der Waals surface area contributed by atoms with Crippen LogP contribution < -0.4 is 29.6 Å². The van der Waals surface area contributed by atoms with Gasteiger partial charge in [0.05, 0.1) is 31.3 Å². The van der Waals surface area contributed by atoms with Crippen LogP contribution in [0.2, 0.25) is 0 Å². The molecule has 0 spiro atoms. The Morgan fingerprint density at radius 1 is 0.818 bits per heavy atom. The maximum Gasteiger partial charge on any atom is 1.00 e. The standard InChI is InChI=1S/C12H26O7S2.Na/c1-2-3-4-5-6-7-11-20(13,14)12-10-18-8-9-19-21(15,16)17;/h2-12H2,1H3,(H,15,16,17);/q;+1/p-1. The quantitative estimate of drug-likeness (QED) is 0.155. The molecule has 0 rings (SSSR count). The molecular weight excluding hydrogens is 343 g/mol. The first-order valence-corrected chi connectivity index (χ1v) is 10.3. The first-order valence-electron chi connectivity index (χ1n) is 7.15. The van der Waals surface area contributed by atoms with Crippen molar-refractivity contribution in [3.63, 3.8) is 0 Å². The van der Waals surface area contributed by atoms with Crippen molar-refractivity contribution in [1.29, 1.82) is 0 Å². The summed E-state index contributed by atoms with van der Waals surface area (Å²) in [5, 5.41) is 0. The SMILES string of the molecule is CCCCCCCCS(=O)(=O)CCOCCOS(=O)(=O)[O-].[Na+]. The van der Waals surface area contributed by atoms with Gasteiger partial charge in [-0.1, -0.05) is 39.0 Å². The summed E-state index contributed by atoms with van der Waals surface area (Å²) in [6.45, 7) is 1.57. The van der Waals surface area contributed by atoms with E-state index < -0.39 is 26.8 Å². The molecule has 0 saturated carbocycles. The third kappa shape index (κ3) is 18.8. The molecule has 0 aliphatic carbocycles. The van der Waals surface area contributed by atoms with Crippen LogP contribution in [-0.2, 0) is 29.2 Å². The molecule has 0 amide bonds. The van der Waals surface area contributed by atoms with Gasteiger partial charge in [0.15, 0.2) is 9.84 Å². The van der Waals surface area contributed by atoms with Crippen LogP contribution >= 0.6 is 0 Å². The maximum atomic E-state index is 11.7. The molecule has 22 heavy (non-hydrogen) atoms. The molecule has 0 bridgehead atoms. The van der Waals surface area contributed by atoms with Gasteiger partial charge in [0.25, 0.3) is 0 Å². The summed E-state index contributed by atoms with van der Waals surface area (Å²) in [5.41, 5.74) is 0. The Morgan fingerprint density at radius 3 is 2.00 bits per heavy atom. The van der Waals surface area contributed by atoms with Gasteiger partial charge < -0.3 is 9.29 Å². The molecule has 0 aromatic heterocycles. The van der Waals surface area contributed by atoms with Crippen LogP contribution in [0.25, 0.3) is 0 Å². The van der Waals surface area contributed by atoms with E-state index in [4.69, 9.17) is 4.74 Å². The second kappa shape index (κ2) is 14.2. The summed E-state index contributed by atoms with van der Waals surface area (Å²) in [6.07, 6.45) is 6.11. The fourth-order valence-corrected chi connectivity index (χ4v) is 3.18. The van der Waals surface area contributed by atoms with E-state index in [-0.39, 0.29) is 54.3 Å². The minimum absolute atomic E-state index is 0. The van der Waals surface area contributed by atoms with Crippen molar-refractivity contribution in [2.75, 3.05) is 31.3 Å². The molecular formula is C12H25NaO7S2. The number of sulfone groups is 1. The van der Waals surface area contributed by atoms with Crippen LogP contribution in [0.15, 0.2) is 0 Å². The summed E-state index contributed by atoms with van der Waals surface area (Å²) in [6, 6.07) is 0. The minimum Gasteiger partial charge on any atom is -0.726 e. The number of rotatable bonds is 14. The number of ether oxygens (including phenoxy) is 1. The molecule has 0 unspecified atom stereocenters. The molecule has 0 aromatic carbocycles. The van der Waals surface area contributed by atoms with Gasteiger partial charge in [0.1, 0.15) is 0 Å². The summed E-state index contributed by atoms with van der Waals surface area (Å²) in [5.74, 6) is 0.0417. The number of unbranched alkanes of at least 4 members (excludes halogenated alkanes) is 5. The van der Waals surface area contributed by atoms with E-state index in [0.717, 1.165) is 25.7 Å². The molecule has 0 heterocycles. The van der Waals surface area contributed by atoms with Gasteiger partial charge in [-0.3, -0.25) is 4.18 Å². The van der Waals surface area contributed by atoms with E-state index in [0.29, 0.717) is 6.42 Å². The van der Waals surface area contributed by atoms with Crippen molar-refractivity contribution in [2.24, 2.45) is 0 Å². The third-order valence-corrected chi connectivity index (χ3v) is 4.96. The molecule has 0 aromatic rings. The molecule has 0 N–H and O–H groups in total. The van der Waals surface area contributed by atoms with Crippen molar-refractivity contribution in [3.05, 3.63) is 0 Å². The zero-order valence-electron chi connectivity index (χ0n) is 13.5. The Labute approximate surface area is 156 Å². The van der Waals surface area contributed by atoms with Gasteiger partial charge in [-0.15, -0.1) is 0 Å². The second-order valence-electron chi connectivity index (χ2n) is 4.76. The van der Waals surface area contributed by atoms with Crippen molar-refractivity contribution in [3.8, 4) is 0 Å². The molecule has 128 valence electrons. The van der Waals surface area contributed by atoms with Crippen molar-refractivity contribution in [2.45, 2.75) is 45.4 Å². The molecule has 0 saturated heterocycles. The molecule has 7 nitrogen and oxygen atoms in total. The van der Waals surface area contributed by atoms with Gasteiger partial charge >= 0.3 is 29.6 Å². The summed E-state index contributed by atoms with van der Waals surface area (Å²) in [7, 11) is -7.85. The molecule has 0 fully saturated rings. The van der Waals surface area contributed by atoms with Gasteiger partial charge in [-0.2, -0.15) is 0 Å². The Morgan fingerprint density at radius 2 is 1.41 bits per heavy atom. The van der Waals surface area contributed by atoms with E-state index in [9.17, 15) is 21.4 Å². The van der Waals surface area contributed by atoms with Gasteiger partial charge in [0, 0.05) is 0 Å². The maximum absolute atomic E-state index is 11.7. The van der Waals surface area contributed by atoms with Crippen molar-refractivity contribution >= 4 is 20.2 Å². The van der Waals surface area contributed by atoms with E-state index in [1.54, 1.807) is 0 Å². The zero-order chi connectivity index (χ0) is 16.2. The van der Waals surface area contributed by atoms with E-state index in [1.807, 2.05) is 0 Å². The normalized spacial score (nSPS) is 12.1. The second-order valence-corrected chi connectivity index (χ2v) is 8.12. The zero-order valence-corrected chi connectivity index (χ0v) is 17.1. The van der Waals surface area contributed by atoms with Crippen LogP contribution in [0, 0.1) is 0 Å². The summed E-state index contributed by atoms with van der Waals surface area (Å²) >= 11 is 0. The predicted octanol–water partition coefficient (Wildman–Crippen LogP) is -1.74. The first kappa shape index (κ1) is 25.0. The Balaban J connectivity index is 0. The fraction of sp³-hybridized carbons (Fsp3) is 1.00. The molecule has 0 aliphatic rings. The van der Waals surface area contributed by atoms with E-state index in [1.165, 1.54) is 6.42 Å². The molecule has 10 heteroatoms. The third-order valence-electron chi connectivity index (χ3n) is 2.80. The van der Waals surface area contributed by atoms with Crippen LogP contribution in [-0.4, -0.2) is 52.7 Å². The van der Waals surface area contributed by atoms with Crippen LogP contribution in [0.5, 0.6) is 0 Å². The average molecular weight is 368 g/mol.